The molecule has 28 heavy (non-hydrogen) atoms. The summed E-state index contributed by atoms with van der Waals surface area (Å²) in [7, 11) is -3.56. The zero-order valence-corrected chi connectivity index (χ0v) is 18.9. The minimum absolute atomic E-state index is 0. The van der Waals surface area contributed by atoms with Gasteiger partial charge in [-0.2, -0.15) is 0 Å². The second kappa shape index (κ2) is 11.0. The Balaban J connectivity index is 0.00000196. The summed E-state index contributed by atoms with van der Waals surface area (Å²) >= 11 is 1.65. The van der Waals surface area contributed by atoms with E-state index in [1.165, 1.54) is 4.88 Å². The van der Waals surface area contributed by atoms with E-state index < -0.39 is 10.0 Å². The van der Waals surface area contributed by atoms with E-state index in [-0.39, 0.29) is 35.8 Å². The van der Waals surface area contributed by atoms with E-state index in [1.54, 1.807) is 48.0 Å². The van der Waals surface area contributed by atoms with Crippen LogP contribution in [0.4, 0.5) is 0 Å². The van der Waals surface area contributed by atoms with Gasteiger partial charge in [0.05, 0.1) is 16.1 Å². The topological polar surface area (TPSA) is 84.0 Å². The van der Waals surface area contributed by atoms with Crippen molar-refractivity contribution in [2.75, 3.05) is 13.1 Å². The van der Waals surface area contributed by atoms with Gasteiger partial charge in [-0.15, -0.1) is 36.2 Å². The summed E-state index contributed by atoms with van der Waals surface area (Å²) in [5, 5.41) is 5.07. The molecule has 2 heterocycles. The fourth-order valence-electron chi connectivity index (χ4n) is 2.69. The zero-order valence-electron chi connectivity index (χ0n) is 15.6. The van der Waals surface area contributed by atoms with Crippen molar-refractivity contribution >= 4 is 56.9 Å². The van der Waals surface area contributed by atoms with Crippen LogP contribution in [0.25, 0.3) is 10.8 Å². The molecule has 0 unspecified atom stereocenters. The van der Waals surface area contributed by atoms with Crippen molar-refractivity contribution in [1.29, 1.82) is 0 Å². The van der Waals surface area contributed by atoms with Crippen molar-refractivity contribution in [2.45, 2.75) is 31.2 Å². The lowest BCUT2D eigenvalue weighted by Gasteiger charge is -2.15. The lowest BCUT2D eigenvalue weighted by molar-refractivity contribution is 0.538. The SMILES string of the molecule is Cc1ncsc1CCNC[C@@H](C)NS(=O)(=O)c1ccc2cnccc2c1.Cl.Cl. The smallest absolute Gasteiger partial charge is 0.240 e. The fourth-order valence-corrected chi connectivity index (χ4v) is 4.75. The molecule has 2 aromatic heterocycles. The minimum Gasteiger partial charge on any atom is -0.315 e. The number of nitrogens with zero attached hydrogens (tertiary/aromatic N) is 2. The minimum atomic E-state index is -3.56. The highest BCUT2D eigenvalue weighted by Gasteiger charge is 2.17. The number of nitrogens with one attached hydrogen (secondary N) is 2. The Kier molecular flexibility index (Phi) is 9.76. The molecule has 0 fully saturated rings. The number of halogens is 2. The summed E-state index contributed by atoms with van der Waals surface area (Å²) in [6.45, 7) is 5.21. The van der Waals surface area contributed by atoms with Crippen LogP contribution in [0.15, 0.2) is 47.1 Å². The van der Waals surface area contributed by atoms with Crippen LogP contribution < -0.4 is 10.0 Å². The number of benzene rings is 1. The number of hydrogen-bond donors (Lipinski definition) is 2. The number of aromatic nitrogens is 2. The first-order valence-corrected chi connectivity index (χ1v) is 10.8. The van der Waals surface area contributed by atoms with Crippen LogP contribution in [0.3, 0.4) is 0 Å². The molecule has 3 aromatic rings. The van der Waals surface area contributed by atoms with Gasteiger partial charge in [0.2, 0.25) is 10.0 Å². The van der Waals surface area contributed by atoms with Crippen molar-refractivity contribution in [2.24, 2.45) is 0 Å². The van der Waals surface area contributed by atoms with Crippen molar-refractivity contribution < 1.29 is 8.42 Å². The molecule has 2 N–H and O–H groups in total. The summed E-state index contributed by atoms with van der Waals surface area (Å²) in [6, 6.07) is 6.65. The lowest BCUT2D eigenvalue weighted by Crippen LogP contribution is -2.40. The molecule has 3 rings (SSSR count). The van der Waals surface area contributed by atoms with E-state index in [0.717, 1.165) is 29.4 Å². The van der Waals surface area contributed by atoms with Gasteiger partial charge >= 0.3 is 0 Å². The molecule has 0 saturated carbocycles. The summed E-state index contributed by atoms with van der Waals surface area (Å²) in [6.07, 6.45) is 4.27. The molecule has 154 valence electrons. The van der Waals surface area contributed by atoms with Crippen molar-refractivity contribution in [3.8, 4) is 0 Å². The Morgan fingerprint density at radius 1 is 1.18 bits per heavy atom. The average molecular weight is 463 g/mol. The highest BCUT2D eigenvalue weighted by atomic mass is 35.5. The van der Waals surface area contributed by atoms with Gasteiger partial charge in [0, 0.05) is 41.8 Å². The highest BCUT2D eigenvalue weighted by Crippen LogP contribution is 2.18. The highest BCUT2D eigenvalue weighted by molar-refractivity contribution is 7.89. The third kappa shape index (κ3) is 6.37. The first kappa shape index (κ1) is 24.7. The van der Waals surface area contributed by atoms with Gasteiger partial charge in [-0.1, -0.05) is 6.07 Å². The molecule has 0 bridgehead atoms. The average Bonchev–Trinajstić information content (AvgIpc) is 3.03. The maximum atomic E-state index is 12.6. The van der Waals surface area contributed by atoms with Crippen molar-refractivity contribution in [3.63, 3.8) is 0 Å². The number of aryl methyl sites for hydroxylation is 1. The molecule has 1 aromatic carbocycles. The first-order chi connectivity index (χ1) is 12.5. The Labute approximate surface area is 182 Å². The van der Waals surface area contributed by atoms with Gasteiger partial charge in [0.1, 0.15) is 0 Å². The predicted molar refractivity (Wildman–Crippen MR) is 119 cm³/mol. The largest absolute Gasteiger partial charge is 0.315 e. The maximum Gasteiger partial charge on any atom is 0.240 e. The van der Waals surface area contributed by atoms with Crippen LogP contribution >= 0.6 is 36.2 Å². The Bertz CT molecular complexity index is 996. The van der Waals surface area contributed by atoms with Crippen LogP contribution in [0.2, 0.25) is 0 Å². The quantitative estimate of drug-likeness (QED) is 0.501. The summed E-state index contributed by atoms with van der Waals surface area (Å²) in [5.74, 6) is 0. The molecule has 0 aliphatic heterocycles. The van der Waals surface area contributed by atoms with Gasteiger partial charge in [0.25, 0.3) is 0 Å². The molecular weight excluding hydrogens is 439 g/mol. The van der Waals surface area contributed by atoms with Crippen LogP contribution in [0, 0.1) is 6.92 Å². The normalized spacial score (nSPS) is 12.2. The third-order valence-electron chi connectivity index (χ3n) is 4.10. The zero-order chi connectivity index (χ0) is 18.6. The predicted octanol–water partition coefficient (Wildman–Crippen LogP) is 3.34. The van der Waals surface area contributed by atoms with Crippen LogP contribution in [0.5, 0.6) is 0 Å². The van der Waals surface area contributed by atoms with Crippen molar-refractivity contribution in [1.82, 2.24) is 20.0 Å². The Morgan fingerprint density at radius 2 is 1.96 bits per heavy atom. The number of rotatable bonds is 8. The number of thiazole rings is 1. The second-order valence-corrected chi connectivity index (χ2v) is 8.88. The van der Waals surface area contributed by atoms with Gasteiger partial charge in [-0.3, -0.25) is 4.98 Å². The molecule has 0 amide bonds. The Hall–Kier alpha value is -1.29. The molecule has 10 heteroatoms. The van der Waals surface area contributed by atoms with Crippen molar-refractivity contribution in [3.05, 3.63) is 52.7 Å². The van der Waals surface area contributed by atoms with E-state index in [0.29, 0.717) is 6.54 Å². The standard InChI is InChI=1S/C18H22N4O2S2.2ClH/c1-13(10-19-8-6-18-14(2)21-12-25-18)22-26(23,24)17-4-3-16-11-20-7-5-15(16)9-17;;/h3-5,7,9,11-13,19,22H,6,8,10H2,1-2H3;2*1H/t13-;;/m1../s1. The van der Waals surface area contributed by atoms with Crippen LogP contribution in [-0.2, 0) is 16.4 Å². The lowest BCUT2D eigenvalue weighted by atomic mass is 10.2. The molecule has 0 spiro atoms. The molecular formula is C18H24Cl2N4O2S2. The number of pyridine rings is 1. The van der Waals surface area contributed by atoms with Gasteiger partial charge in [-0.05, 0) is 43.9 Å². The molecule has 0 aliphatic carbocycles. The third-order valence-corrected chi connectivity index (χ3v) is 6.68. The monoisotopic (exact) mass is 462 g/mol. The van der Waals surface area contributed by atoms with E-state index >= 15 is 0 Å². The molecule has 0 saturated heterocycles. The van der Waals surface area contributed by atoms with Crippen LogP contribution in [-0.4, -0.2) is 37.5 Å². The number of hydrogen-bond acceptors (Lipinski definition) is 6. The van der Waals surface area contributed by atoms with E-state index in [1.807, 2.05) is 19.4 Å². The van der Waals surface area contributed by atoms with Gasteiger partial charge < -0.3 is 5.32 Å². The molecule has 0 aliphatic rings. The summed E-state index contributed by atoms with van der Waals surface area (Å²) in [4.78, 5) is 9.80. The number of sulfonamides is 1. The van der Waals surface area contributed by atoms with Gasteiger partial charge in [-0.25, -0.2) is 18.1 Å². The van der Waals surface area contributed by atoms with Gasteiger partial charge in [0.15, 0.2) is 0 Å². The second-order valence-electron chi connectivity index (χ2n) is 6.22. The van der Waals surface area contributed by atoms with E-state index in [9.17, 15) is 8.42 Å². The van der Waals surface area contributed by atoms with E-state index in [2.05, 4.69) is 20.0 Å². The Morgan fingerprint density at radius 3 is 2.68 bits per heavy atom. The van der Waals surface area contributed by atoms with E-state index in [4.69, 9.17) is 0 Å². The molecule has 1 atom stereocenters. The first-order valence-electron chi connectivity index (χ1n) is 8.41. The molecule has 6 nitrogen and oxygen atoms in total. The molecule has 0 radical (unpaired) electrons. The fraction of sp³-hybridized carbons (Fsp3) is 0.333. The number of fused-ring (bicyclic) bond motifs is 1. The van der Waals surface area contributed by atoms with Crippen LogP contribution in [0.1, 0.15) is 17.5 Å². The summed E-state index contributed by atoms with van der Waals surface area (Å²) < 4.78 is 27.9. The maximum absolute atomic E-state index is 12.6. The summed E-state index contributed by atoms with van der Waals surface area (Å²) in [5.41, 5.74) is 2.91.